The molecule has 0 saturated carbocycles. The molecule has 1 fully saturated rings. The first-order valence-electron chi connectivity index (χ1n) is 8.15. The van der Waals surface area contributed by atoms with Gasteiger partial charge in [0.25, 0.3) is 5.91 Å². The lowest BCUT2D eigenvalue weighted by Crippen LogP contribution is -2.46. The standard InChI is InChI=1S/C18H19FN2O4S/c1-13-12-25-11-10-21(13)26(23,24)15-8-6-14(7-9-15)20-18(22)16-4-2-3-5-17(16)19/h2-9,13H,10-12H2,1H3,(H,20,22). The van der Waals surface area contributed by atoms with Crippen LogP contribution in [0.2, 0.25) is 0 Å². The Kier molecular flexibility index (Phi) is 5.36. The minimum atomic E-state index is -3.63. The molecule has 1 aliphatic heterocycles. The summed E-state index contributed by atoms with van der Waals surface area (Å²) in [7, 11) is -3.63. The quantitative estimate of drug-likeness (QED) is 0.887. The molecule has 0 bridgehead atoms. The van der Waals surface area contributed by atoms with Gasteiger partial charge in [-0.25, -0.2) is 12.8 Å². The number of morpholine rings is 1. The maximum atomic E-state index is 13.6. The maximum absolute atomic E-state index is 13.6. The monoisotopic (exact) mass is 378 g/mol. The van der Waals surface area contributed by atoms with Crippen LogP contribution in [0.3, 0.4) is 0 Å². The van der Waals surface area contributed by atoms with Gasteiger partial charge in [0.15, 0.2) is 0 Å². The van der Waals surface area contributed by atoms with Gasteiger partial charge < -0.3 is 10.1 Å². The summed E-state index contributed by atoms with van der Waals surface area (Å²) in [5, 5.41) is 2.56. The van der Waals surface area contributed by atoms with Gasteiger partial charge in [-0.3, -0.25) is 4.79 Å². The highest BCUT2D eigenvalue weighted by atomic mass is 32.2. The fraction of sp³-hybridized carbons (Fsp3) is 0.278. The molecule has 138 valence electrons. The first kappa shape index (κ1) is 18.5. The molecule has 1 amide bonds. The van der Waals surface area contributed by atoms with Crippen LogP contribution in [0.1, 0.15) is 17.3 Å². The van der Waals surface area contributed by atoms with Crippen molar-refractivity contribution in [3.8, 4) is 0 Å². The molecule has 1 saturated heterocycles. The van der Waals surface area contributed by atoms with Crippen molar-refractivity contribution in [2.75, 3.05) is 25.1 Å². The van der Waals surface area contributed by atoms with Crippen molar-refractivity contribution in [3.05, 3.63) is 59.9 Å². The number of hydrogen-bond donors (Lipinski definition) is 1. The summed E-state index contributed by atoms with van der Waals surface area (Å²) in [6.07, 6.45) is 0. The molecule has 3 rings (SSSR count). The topological polar surface area (TPSA) is 75.7 Å². The van der Waals surface area contributed by atoms with Crippen LogP contribution in [0.25, 0.3) is 0 Å². The largest absolute Gasteiger partial charge is 0.378 e. The summed E-state index contributed by atoms with van der Waals surface area (Å²) in [5.74, 6) is -1.22. The SMILES string of the molecule is CC1COCCN1S(=O)(=O)c1ccc(NC(=O)c2ccccc2F)cc1. The lowest BCUT2D eigenvalue weighted by atomic mass is 10.2. The van der Waals surface area contributed by atoms with Gasteiger partial charge in [0, 0.05) is 18.3 Å². The number of carbonyl (C=O) groups excluding carboxylic acids is 1. The minimum absolute atomic E-state index is 0.0775. The molecule has 2 aromatic rings. The summed E-state index contributed by atoms with van der Waals surface area (Å²) in [5.41, 5.74) is 0.304. The lowest BCUT2D eigenvalue weighted by molar-refractivity contribution is 0.0393. The number of nitrogens with zero attached hydrogens (tertiary/aromatic N) is 1. The molecule has 0 aromatic heterocycles. The van der Waals surface area contributed by atoms with E-state index in [0.717, 1.165) is 0 Å². The number of anilines is 1. The molecule has 0 radical (unpaired) electrons. The van der Waals surface area contributed by atoms with Gasteiger partial charge in [0.2, 0.25) is 10.0 Å². The zero-order chi connectivity index (χ0) is 18.7. The Labute approximate surface area is 151 Å². The Morgan fingerprint density at radius 3 is 2.54 bits per heavy atom. The van der Waals surface area contributed by atoms with Crippen molar-refractivity contribution in [2.45, 2.75) is 17.9 Å². The molecule has 26 heavy (non-hydrogen) atoms. The molecule has 1 atom stereocenters. The molecule has 2 aromatic carbocycles. The fourth-order valence-corrected chi connectivity index (χ4v) is 4.36. The van der Waals surface area contributed by atoms with E-state index in [1.807, 2.05) is 0 Å². The van der Waals surface area contributed by atoms with Gasteiger partial charge in [-0.1, -0.05) is 12.1 Å². The number of carbonyl (C=O) groups is 1. The van der Waals surface area contributed by atoms with E-state index in [-0.39, 0.29) is 16.5 Å². The van der Waals surface area contributed by atoms with Crippen molar-refractivity contribution in [1.29, 1.82) is 0 Å². The predicted octanol–water partition coefficient (Wildman–Crippen LogP) is 2.49. The maximum Gasteiger partial charge on any atom is 0.258 e. The molecular weight excluding hydrogens is 359 g/mol. The summed E-state index contributed by atoms with van der Waals surface area (Å²) in [4.78, 5) is 12.2. The van der Waals surface area contributed by atoms with Crippen LogP contribution in [0.5, 0.6) is 0 Å². The van der Waals surface area contributed by atoms with Crippen LogP contribution in [0, 0.1) is 5.82 Å². The number of amides is 1. The van der Waals surface area contributed by atoms with E-state index in [1.54, 1.807) is 13.0 Å². The van der Waals surface area contributed by atoms with Crippen molar-refractivity contribution in [1.82, 2.24) is 4.31 Å². The molecule has 0 aliphatic carbocycles. The van der Waals surface area contributed by atoms with Crippen molar-refractivity contribution < 1.29 is 22.3 Å². The normalized spacial score (nSPS) is 18.5. The molecule has 8 heteroatoms. The third-order valence-corrected chi connectivity index (χ3v) is 6.17. The number of nitrogens with one attached hydrogen (secondary N) is 1. The van der Waals surface area contributed by atoms with E-state index >= 15 is 0 Å². The van der Waals surface area contributed by atoms with Crippen LogP contribution < -0.4 is 5.32 Å². The van der Waals surface area contributed by atoms with Crippen molar-refractivity contribution in [3.63, 3.8) is 0 Å². The first-order valence-corrected chi connectivity index (χ1v) is 9.59. The number of sulfonamides is 1. The average molecular weight is 378 g/mol. The van der Waals surface area contributed by atoms with E-state index in [0.29, 0.717) is 25.4 Å². The number of hydrogen-bond acceptors (Lipinski definition) is 4. The number of ether oxygens (including phenoxy) is 1. The third-order valence-electron chi connectivity index (χ3n) is 4.14. The summed E-state index contributed by atoms with van der Waals surface area (Å²) in [6, 6.07) is 11.2. The summed E-state index contributed by atoms with van der Waals surface area (Å²) in [6.45, 7) is 2.81. The molecule has 1 aliphatic rings. The molecule has 1 N–H and O–H groups in total. The molecule has 1 unspecified atom stereocenters. The van der Waals surface area contributed by atoms with E-state index in [1.165, 1.54) is 46.8 Å². The van der Waals surface area contributed by atoms with Crippen LogP contribution in [0.4, 0.5) is 10.1 Å². The molecule has 1 heterocycles. The van der Waals surface area contributed by atoms with Gasteiger partial charge in [-0.2, -0.15) is 4.31 Å². The predicted molar refractivity (Wildman–Crippen MR) is 95.0 cm³/mol. The van der Waals surface area contributed by atoms with Crippen LogP contribution in [-0.4, -0.2) is 44.4 Å². The highest BCUT2D eigenvalue weighted by Crippen LogP contribution is 2.22. The van der Waals surface area contributed by atoms with Crippen LogP contribution in [-0.2, 0) is 14.8 Å². The van der Waals surface area contributed by atoms with E-state index < -0.39 is 21.7 Å². The van der Waals surface area contributed by atoms with Gasteiger partial charge in [0.1, 0.15) is 5.82 Å². The van der Waals surface area contributed by atoms with E-state index in [2.05, 4.69) is 5.32 Å². The molecular formula is C18H19FN2O4S. The number of benzene rings is 2. The molecule has 0 spiro atoms. The lowest BCUT2D eigenvalue weighted by Gasteiger charge is -2.32. The highest BCUT2D eigenvalue weighted by molar-refractivity contribution is 7.89. The Morgan fingerprint density at radius 2 is 1.88 bits per heavy atom. The second-order valence-corrected chi connectivity index (χ2v) is 7.89. The van der Waals surface area contributed by atoms with E-state index in [4.69, 9.17) is 4.74 Å². The Morgan fingerprint density at radius 1 is 1.19 bits per heavy atom. The summed E-state index contributed by atoms with van der Waals surface area (Å²) >= 11 is 0. The Bertz CT molecular complexity index is 900. The fourth-order valence-electron chi connectivity index (χ4n) is 2.76. The second kappa shape index (κ2) is 7.53. The van der Waals surface area contributed by atoms with Crippen molar-refractivity contribution in [2.24, 2.45) is 0 Å². The Hall–Kier alpha value is -2.29. The van der Waals surface area contributed by atoms with Gasteiger partial charge >= 0.3 is 0 Å². The van der Waals surface area contributed by atoms with Crippen molar-refractivity contribution >= 4 is 21.6 Å². The first-order chi connectivity index (χ1) is 12.4. The zero-order valence-corrected chi connectivity index (χ0v) is 15.0. The third kappa shape index (κ3) is 3.77. The zero-order valence-electron chi connectivity index (χ0n) is 14.2. The van der Waals surface area contributed by atoms with Gasteiger partial charge in [-0.05, 0) is 43.3 Å². The number of rotatable bonds is 4. The van der Waals surface area contributed by atoms with Gasteiger partial charge in [0.05, 0.1) is 23.7 Å². The second-order valence-electron chi connectivity index (χ2n) is 6.00. The van der Waals surface area contributed by atoms with Crippen LogP contribution in [0.15, 0.2) is 53.4 Å². The molecule has 6 nitrogen and oxygen atoms in total. The minimum Gasteiger partial charge on any atom is -0.378 e. The Balaban J connectivity index is 1.76. The van der Waals surface area contributed by atoms with Gasteiger partial charge in [-0.15, -0.1) is 0 Å². The smallest absolute Gasteiger partial charge is 0.258 e. The average Bonchev–Trinajstić information content (AvgIpc) is 2.62. The number of halogens is 1. The van der Waals surface area contributed by atoms with E-state index in [9.17, 15) is 17.6 Å². The summed E-state index contributed by atoms with van der Waals surface area (Å²) < 4.78 is 45.8. The van der Waals surface area contributed by atoms with Crippen LogP contribution >= 0.6 is 0 Å². The highest BCUT2D eigenvalue weighted by Gasteiger charge is 2.31.